The fourth-order valence-corrected chi connectivity index (χ4v) is 2.89. The zero-order valence-corrected chi connectivity index (χ0v) is 11.0. The summed E-state index contributed by atoms with van der Waals surface area (Å²) in [7, 11) is 0. The monoisotopic (exact) mass is 308 g/mol. The third kappa shape index (κ3) is 2.84. The summed E-state index contributed by atoms with van der Waals surface area (Å²) < 4.78 is 44.8. The van der Waals surface area contributed by atoms with Crippen LogP contribution >= 0.6 is 0 Å². The van der Waals surface area contributed by atoms with Crippen LogP contribution < -0.4 is 10.6 Å². The molecule has 0 unspecified atom stereocenters. The van der Waals surface area contributed by atoms with E-state index in [9.17, 15) is 22.8 Å². The zero-order chi connectivity index (χ0) is 15.3. The van der Waals surface area contributed by atoms with Crippen LogP contribution in [0, 0.1) is 0 Å². The molecule has 0 spiro atoms. The van der Waals surface area contributed by atoms with Crippen LogP contribution in [0.25, 0.3) is 0 Å². The minimum Gasteiger partial charge on any atom is -0.368 e. The van der Waals surface area contributed by atoms with Crippen molar-refractivity contribution < 1.29 is 32.2 Å². The van der Waals surface area contributed by atoms with Crippen molar-refractivity contribution in [2.45, 2.75) is 55.3 Å². The van der Waals surface area contributed by atoms with Gasteiger partial charge in [0.2, 0.25) is 12.3 Å². The van der Waals surface area contributed by atoms with Crippen LogP contribution in [0.2, 0.25) is 0 Å². The first-order valence-electron chi connectivity index (χ1n) is 6.66. The van der Waals surface area contributed by atoms with E-state index in [1.807, 2.05) is 0 Å². The molecule has 9 heteroatoms. The van der Waals surface area contributed by atoms with E-state index in [1.54, 1.807) is 0 Å². The Bertz CT molecular complexity index is 456. The molecule has 0 radical (unpaired) electrons. The van der Waals surface area contributed by atoms with E-state index in [2.05, 4.69) is 15.4 Å². The standard InChI is InChI=1S/C12H15F3N2O4/c13-12(14,15)21-8-1-7(2-8)20-3-9(19)17-11-4-10(11,5-11)16-6-18/h6-8H,1-5H2,(H,16,18)(H,17,19). The zero-order valence-electron chi connectivity index (χ0n) is 11.0. The number of alkyl halides is 3. The number of amides is 2. The van der Waals surface area contributed by atoms with Gasteiger partial charge in [-0.15, -0.1) is 13.2 Å². The Labute approximate surface area is 118 Å². The average molecular weight is 308 g/mol. The lowest BCUT2D eigenvalue weighted by Crippen LogP contribution is -2.43. The molecule has 0 aromatic carbocycles. The minimum absolute atomic E-state index is 0.133. The number of rotatable bonds is 7. The van der Waals surface area contributed by atoms with Crippen molar-refractivity contribution >= 4 is 12.3 Å². The molecule has 3 aliphatic carbocycles. The third-order valence-corrected chi connectivity index (χ3v) is 4.39. The molecule has 0 aromatic heterocycles. The van der Waals surface area contributed by atoms with Crippen LogP contribution in [0.5, 0.6) is 0 Å². The smallest absolute Gasteiger partial charge is 0.368 e. The summed E-state index contributed by atoms with van der Waals surface area (Å²) in [4.78, 5) is 22.0. The van der Waals surface area contributed by atoms with Crippen LogP contribution in [0.3, 0.4) is 0 Å². The molecular formula is C12H15F3N2O4. The Morgan fingerprint density at radius 3 is 2.48 bits per heavy atom. The van der Waals surface area contributed by atoms with Crippen molar-refractivity contribution in [1.82, 2.24) is 10.6 Å². The van der Waals surface area contributed by atoms with E-state index < -0.39 is 12.5 Å². The van der Waals surface area contributed by atoms with Crippen molar-refractivity contribution in [3.63, 3.8) is 0 Å². The molecule has 3 rings (SSSR count). The van der Waals surface area contributed by atoms with Crippen LogP contribution in [-0.2, 0) is 19.1 Å². The number of nitrogens with one attached hydrogen (secondary N) is 2. The highest BCUT2D eigenvalue weighted by atomic mass is 19.4. The molecule has 3 aliphatic rings. The van der Waals surface area contributed by atoms with E-state index >= 15 is 0 Å². The molecule has 3 saturated carbocycles. The van der Waals surface area contributed by atoms with Crippen molar-refractivity contribution in [2.24, 2.45) is 0 Å². The van der Waals surface area contributed by atoms with Gasteiger partial charge in [0, 0.05) is 12.8 Å². The van der Waals surface area contributed by atoms with Crippen LogP contribution in [-0.4, -0.2) is 48.6 Å². The lowest BCUT2D eigenvalue weighted by atomic mass is 9.92. The second kappa shape index (κ2) is 4.57. The first-order valence-corrected chi connectivity index (χ1v) is 6.66. The molecule has 0 saturated heterocycles. The van der Waals surface area contributed by atoms with E-state index in [0.717, 1.165) is 12.8 Å². The molecular weight excluding hydrogens is 293 g/mol. The Balaban J connectivity index is 1.30. The first kappa shape index (κ1) is 14.6. The predicted octanol–water partition coefficient (Wildman–Crippen LogP) is 0.218. The Morgan fingerprint density at radius 2 is 1.90 bits per heavy atom. The fraction of sp³-hybridized carbons (Fsp3) is 0.833. The molecule has 0 aromatic rings. The van der Waals surface area contributed by atoms with Crippen molar-refractivity contribution in [3.05, 3.63) is 0 Å². The van der Waals surface area contributed by atoms with E-state index in [4.69, 9.17) is 4.74 Å². The molecule has 2 N–H and O–H groups in total. The van der Waals surface area contributed by atoms with Gasteiger partial charge in [0.05, 0.1) is 23.3 Å². The lowest BCUT2D eigenvalue weighted by Gasteiger charge is -2.34. The van der Waals surface area contributed by atoms with Gasteiger partial charge in [-0.3, -0.25) is 14.3 Å². The van der Waals surface area contributed by atoms with Gasteiger partial charge in [-0.2, -0.15) is 0 Å². The number of ether oxygens (including phenoxy) is 2. The SMILES string of the molecule is O=CNC12CC1(NC(=O)COC1CC(OC(F)(F)F)C1)C2. The molecule has 6 nitrogen and oxygen atoms in total. The van der Waals surface area contributed by atoms with E-state index in [0.29, 0.717) is 6.41 Å². The summed E-state index contributed by atoms with van der Waals surface area (Å²) in [5, 5.41) is 5.46. The van der Waals surface area contributed by atoms with Crippen molar-refractivity contribution in [1.29, 1.82) is 0 Å². The normalized spacial score (nSPS) is 39.8. The largest absolute Gasteiger partial charge is 0.522 e. The second-order valence-corrected chi connectivity index (χ2v) is 5.92. The maximum Gasteiger partial charge on any atom is 0.522 e. The molecule has 118 valence electrons. The average Bonchev–Trinajstić information content (AvgIpc) is 3.06. The van der Waals surface area contributed by atoms with E-state index in [-0.39, 0.29) is 42.5 Å². The van der Waals surface area contributed by atoms with Crippen molar-refractivity contribution in [3.8, 4) is 0 Å². The summed E-state index contributed by atoms with van der Waals surface area (Å²) in [6, 6.07) is 0. The van der Waals surface area contributed by atoms with Gasteiger partial charge in [-0.1, -0.05) is 0 Å². The highest BCUT2D eigenvalue weighted by Gasteiger charge is 2.84. The summed E-state index contributed by atoms with van der Waals surface area (Å²) in [5.41, 5.74) is -0.595. The highest BCUT2D eigenvalue weighted by molar-refractivity contribution is 5.81. The number of fused-ring (bicyclic) bond motifs is 1. The number of carbonyl (C=O) groups is 2. The summed E-state index contributed by atoms with van der Waals surface area (Å²) in [6.07, 6.45) is -3.57. The maximum atomic E-state index is 11.9. The summed E-state index contributed by atoms with van der Waals surface area (Å²) in [6.45, 7) is -0.192. The highest BCUT2D eigenvalue weighted by Crippen LogP contribution is 2.70. The molecule has 0 aliphatic heterocycles. The molecule has 0 atom stereocenters. The van der Waals surface area contributed by atoms with Gasteiger partial charge in [0.25, 0.3) is 0 Å². The number of hydrogen-bond donors (Lipinski definition) is 2. The van der Waals surface area contributed by atoms with Crippen LogP contribution in [0.1, 0.15) is 25.7 Å². The lowest BCUT2D eigenvalue weighted by molar-refractivity contribution is -0.357. The van der Waals surface area contributed by atoms with Gasteiger partial charge in [0.15, 0.2) is 0 Å². The predicted molar refractivity (Wildman–Crippen MR) is 61.9 cm³/mol. The Morgan fingerprint density at radius 1 is 1.24 bits per heavy atom. The fourth-order valence-electron chi connectivity index (χ4n) is 2.89. The quantitative estimate of drug-likeness (QED) is 0.660. The molecule has 2 amide bonds. The number of halogens is 3. The summed E-state index contributed by atoms with van der Waals surface area (Å²) in [5.74, 6) is -0.317. The first-order chi connectivity index (χ1) is 9.78. The maximum absolute atomic E-state index is 11.9. The molecule has 21 heavy (non-hydrogen) atoms. The van der Waals surface area contributed by atoms with Gasteiger partial charge < -0.3 is 15.4 Å². The Hall–Kier alpha value is -1.35. The van der Waals surface area contributed by atoms with Crippen LogP contribution in [0.15, 0.2) is 0 Å². The minimum atomic E-state index is -4.63. The topological polar surface area (TPSA) is 76.7 Å². The third-order valence-electron chi connectivity index (χ3n) is 4.39. The van der Waals surface area contributed by atoms with Gasteiger partial charge >= 0.3 is 6.36 Å². The Kier molecular flexibility index (Phi) is 3.17. The molecule has 3 fully saturated rings. The number of carbonyl (C=O) groups excluding carboxylic acids is 2. The van der Waals surface area contributed by atoms with Gasteiger partial charge in [0.1, 0.15) is 6.61 Å². The van der Waals surface area contributed by atoms with Gasteiger partial charge in [-0.05, 0) is 12.8 Å². The van der Waals surface area contributed by atoms with E-state index in [1.165, 1.54) is 0 Å². The number of hydrogen-bond acceptors (Lipinski definition) is 4. The molecule has 0 heterocycles. The second-order valence-electron chi connectivity index (χ2n) is 5.92. The summed E-state index contributed by atoms with van der Waals surface area (Å²) >= 11 is 0. The molecule has 0 bridgehead atoms. The van der Waals surface area contributed by atoms with Gasteiger partial charge in [-0.25, -0.2) is 0 Å². The van der Waals surface area contributed by atoms with Crippen molar-refractivity contribution in [2.75, 3.05) is 6.61 Å². The van der Waals surface area contributed by atoms with Crippen LogP contribution in [0.4, 0.5) is 13.2 Å².